The molecule has 0 aromatic heterocycles. The van der Waals surface area contributed by atoms with Crippen LogP contribution in [0.4, 0.5) is 0 Å². The Morgan fingerprint density at radius 2 is 2.14 bits per heavy atom. The maximum atomic E-state index is 3.66. The van der Waals surface area contributed by atoms with E-state index in [4.69, 9.17) is 0 Å². The summed E-state index contributed by atoms with van der Waals surface area (Å²) < 4.78 is 0. The van der Waals surface area contributed by atoms with Crippen molar-refractivity contribution in [1.82, 2.24) is 0 Å². The van der Waals surface area contributed by atoms with Gasteiger partial charge in [0.15, 0.2) is 0 Å². The lowest BCUT2D eigenvalue weighted by atomic mass is 10.4. The molecule has 0 saturated carbocycles. The summed E-state index contributed by atoms with van der Waals surface area (Å²) in [6, 6.07) is 0. The van der Waals surface area contributed by atoms with E-state index < -0.39 is 0 Å². The first kappa shape index (κ1) is 7.22. The zero-order chi connectivity index (χ0) is 5.54. The Bertz CT molecular complexity index is 48.1. The molecular weight excluding hydrogens is 152 g/mol. The van der Waals surface area contributed by atoms with Gasteiger partial charge in [-0.05, 0) is 19.8 Å². The second kappa shape index (κ2) is 6.22. The summed E-state index contributed by atoms with van der Waals surface area (Å²) in [5.41, 5.74) is 0. The Hall–Kier alpha value is 0.220. The smallest absolute Gasteiger partial charge is 0.00659 e. The minimum atomic E-state index is 0.910. The Kier molecular flexibility index (Phi) is 6.42. The molecule has 0 aliphatic rings. The number of halogens is 1. The molecule has 0 aliphatic carbocycles. The summed E-state index contributed by atoms with van der Waals surface area (Å²) in [6.07, 6.45) is 6.23. The second-order valence-electron chi connectivity index (χ2n) is 1.24. The van der Waals surface area contributed by atoms with E-state index in [1.54, 1.807) is 0 Å². The van der Waals surface area contributed by atoms with Crippen LogP contribution in [0.3, 0.4) is 0 Å². The van der Waals surface area contributed by atoms with Crippen LogP contribution in [-0.2, 0) is 0 Å². The van der Waals surface area contributed by atoms with Crippen molar-refractivity contribution in [3.05, 3.63) is 19.1 Å². The van der Waals surface area contributed by atoms with Crippen LogP contribution >= 0.6 is 15.9 Å². The van der Waals surface area contributed by atoms with Crippen molar-refractivity contribution in [2.45, 2.75) is 12.8 Å². The summed E-state index contributed by atoms with van der Waals surface area (Å²) in [5, 5.41) is 1.06. The van der Waals surface area contributed by atoms with Crippen LogP contribution < -0.4 is 0 Å². The molecule has 7 heavy (non-hydrogen) atoms. The van der Waals surface area contributed by atoms with Gasteiger partial charge >= 0.3 is 0 Å². The summed E-state index contributed by atoms with van der Waals surface area (Å²) in [5.74, 6) is 0. The van der Waals surface area contributed by atoms with E-state index in [1.807, 2.05) is 0 Å². The number of allylic oxidation sites excluding steroid dienone is 2. The topological polar surface area (TPSA) is 0 Å². The lowest BCUT2D eigenvalue weighted by Crippen LogP contribution is -1.63. The first-order valence-electron chi connectivity index (χ1n) is 2.42. The minimum absolute atomic E-state index is 0.910. The van der Waals surface area contributed by atoms with Gasteiger partial charge in [-0.2, -0.15) is 0 Å². The monoisotopic (exact) mass is 161 g/mol. The third-order valence-corrected chi connectivity index (χ3v) is 1.07. The van der Waals surface area contributed by atoms with Crippen LogP contribution in [0.15, 0.2) is 12.2 Å². The van der Waals surface area contributed by atoms with Gasteiger partial charge in [-0.3, -0.25) is 0 Å². The molecule has 41 valence electrons. The van der Waals surface area contributed by atoms with Gasteiger partial charge in [0.05, 0.1) is 0 Å². The van der Waals surface area contributed by atoms with Gasteiger partial charge in [-0.1, -0.05) is 28.1 Å². The van der Waals surface area contributed by atoms with Crippen molar-refractivity contribution >= 4 is 15.9 Å². The van der Waals surface area contributed by atoms with E-state index in [9.17, 15) is 0 Å². The highest BCUT2D eigenvalue weighted by atomic mass is 79.9. The van der Waals surface area contributed by atoms with Crippen LogP contribution in [-0.4, -0.2) is 5.33 Å². The molecule has 0 rings (SSSR count). The third-order valence-electron chi connectivity index (χ3n) is 0.609. The molecule has 0 aromatic carbocycles. The molecular formula is C6H10Br. The maximum absolute atomic E-state index is 3.66. The lowest BCUT2D eigenvalue weighted by molar-refractivity contribution is 1.23. The van der Waals surface area contributed by atoms with Gasteiger partial charge in [0.25, 0.3) is 0 Å². The molecule has 0 nitrogen and oxygen atoms in total. The molecule has 0 amide bonds. The van der Waals surface area contributed by atoms with Crippen molar-refractivity contribution in [1.29, 1.82) is 0 Å². The fourth-order valence-electron chi connectivity index (χ4n) is 0.299. The summed E-state index contributed by atoms with van der Waals surface area (Å²) in [4.78, 5) is 0. The Labute approximate surface area is 53.7 Å². The highest BCUT2D eigenvalue weighted by Crippen LogP contribution is 1.89. The number of hydrogen-bond acceptors (Lipinski definition) is 0. The largest absolute Gasteiger partial charge is 0.0925 e. The number of rotatable bonds is 3. The quantitative estimate of drug-likeness (QED) is 0.441. The molecule has 0 spiro atoms. The van der Waals surface area contributed by atoms with E-state index in [-0.39, 0.29) is 0 Å². The Morgan fingerprint density at radius 3 is 2.57 bits per heavy atom. The van der Waals surface area contributed by atoms with Gasteiger partial charge in [-0.15, -0.1) is 0 Å². The predicted octanol–water partition coefficient (Wildman–Crippen LogP) is 2.55. The first-order chi connectivity index (χ1) is 3.41. The number of alkyl halides is 1. The van der Waals surface area contributed by atoms with E-state index in [0.29, 0.717) is 0 Å². The van der Waals surface area contributed by atoms with E-state index in [1.165, 1.54) is 0 Å². The summed E-state index contributed by atoms with van der Waals surface area (Å²) >= 11 is 3.31. The van der Waals surface area contributed by atoms with E-state index in [2.05, 4.69) is 35.0 Å². The number of hydrogen-bond donors (Lipinski definition) is 0. The molecule has 0 heterocycles. The molecule has 0 aliphatic heterocycles. The zero-order valence-corrected chi connectivity index (χ0v) is 5.95. The molecule has 0 aromatic rings. The highest BCUT2D eigenvalue weighted by Gasteiger charge is 1.69. The van der Waals surface area contributed by atoms with Crippen LogP contribution in [0.25, 0.3) is 0 Å². The molecule has 1 radical (unpaired) electrons. The maximum Gasteiger partial charge on any atom is 0.00659 e. The molecule has 0 N–H and O–H groups in total. The Morgan fingerprint density at radius 1 is 1.43 bits per heavy atom. The van der Waals surface area contributed by atoms with Crippen molar-refractivity contribution < 1.29 is 0 Å². The second-order valence-corrected chi connectivity index (χ2v) is 2.03. The van der Waals surface area contributed by atoms with Crippen LogP contribution in [0, 0.1) is 6.92 Å². The minimum Gasteiger partial charge on any atom is -0.0925 e. The molecule has 0 saturated heterocycles. The van der Waals surface area contributed by atoms with Gasteiger partial charge in [0.2, 0.25) is 0 Å². The van der Waals surface area contributed by atoms with Gasteiger partial charge in [0, 0.05) is 5.33 Å². The third kappa shape index (κ3) is 6.22. The fraction of sp³-hybridized carbons (Fsp3) is 0.500. The van der Waals surface area contributed by atoms with Gasteiger partial charge in [-0.25, -0.2) is 0 Å². The standard InChI is InChI=1S/C6H10Br/c1-2-3-4-5-6-7/h3-4H,1-2,5-6H2/b4-3+. The summed E-state index contributed by atoms with van der Waals surface area (Å²) in [6.45, 7) is 3.66. The Balaban J connectivity index is 2.78. The molecule has 0 bridgehead atoms. The van der Waals surface area contributed by atoms with E-state index in [0.717, 1.165) is 18.2 Å². The normalized spacial score (nSPS) is 10.6. The van der Waals surface area contributed by atoms with Crippen molar-refractivity contribution in [2.75, 3.05) is 5.33 Å². The zero-order valence-electron chi connectivity index (χ0n) is 4.36. The predicted molar refractivity (Wildman–Crippen MR) is 37.5 cm³/mol. The van der Waals surface area contributed by atoms with Crippen molar-refractivity contribution in [3.63, 3.8) is 0 Å². The molecule has 0 atom stereocenters. The SMILES string of the molecule is [CH2]C/C=C/CCBr. The summed E-state index contributed by atoms with van der Waals surface area (Å²) in [7, 11) is 0. The highest BCUT2D eigenvalue weighted by molar-refractivity contribution is 9.09. The fourth-order valence-corrected chi connectivity index (χ4v) is 0.563. The van der Waals surface area contributed by atoms with Gasteiger partial charge < -0.3 is 0 Å². The van der Waals surface area contributed by atoms with Gasteiger partial charge in [0.1, 0.15) is 0 Å². The average Bonchev–Trinajstić information content (AvgIpc) is 1.69. The van der Waals surface area contributed by atoms with Crippen LogP contribution in [0.1, 0.15) is 12.8 Å². The van der Waals surface area contributed by atoms with Crippen LogP contribution in [0.2, 0.25) is 0 Å². The van der Waals surface area contributed by atoms with Crippen molar-refractivity contribution in [3.8, 4) is 0 Å². The van der Waals surface area contributed by atoms with Crippen LogP contribution in [0.5, 0.6) is 0 Å². The molecule has 1 heteroatoms. The van der Waals surface area contributed by atoms with Crippen molar-refractivity contribution in [2.24, 2.45) is 0 Å². The molecule has 0 unspecified atom stereocenters. The molecule has 0 fully saturated rings. The lowest BCUT2D eigenvalue weighted by Gasteiger charge is -1.78. The van der Waals surface area contributed by atoms with E-state index >= 15 is 0 Å². The first-order valence-corrected chi connectivity index (χ1v) is 3.54. The average molecular weight is 162 g/mol.